The van der Waals surface area contributed by atoms with Crippen LogP contribution in [0.15, 0.2) is 73.1 Å². The molecule has 0 bridgehead atoms. The molecule has 2 aromatic rings. The van der Waals surface area contributed by atoms with Crippen molar-refractivity contribution in [1.29, 1.82) is 0 Å². The van der Waals surface area contributed by atoms with Crippen LogP contribution < -0.4 is 0 Å². The molecule has 0 amide bonds. The van der Waals surface area contributed by atoms with Crippen LogP contribution in [-0.2, 0) is 19.8 Å². The van der Waals surface area contributed by atoms with Crippen molar-refractivity contribution in [3.8, 4) is 0 Å². The zero-order chi connectivity index (χ0) is 20.3. The van der Waals surface area contributed by atoms with E-state index in [4.69, 9.17) is 0 Å². The number of amidine groups is 1. The Morgan fingerprint density at radius 2 is 1.44 bits per heavy atom. The molecular formula is C20H26N2O3S2. The minimum atomic E-state index is -3.93. The SMILES string of the molecule is Cc1ccc(S(=O)(=O)/N=C(/CC(C)(C)C)N=S(C)(=O)c2ccccc2)cc1. The van der Waals surface area contributed by atoms with Gasteiger partial charge in [0.15, 0.2) is 5.84 Å². The molecule has 0 fully saturated rings. The summed E-state index contributed by atoms with van der Waals surface area (Å²) in [7, 11) is -6.75. The van der Waals surface area contributed by atoms with Gasteiger partial charge in [0.25, 0.3) is 10.0 Å². The molecule has 2 rings (SSSR count). The highest BCUT2D eigenvalue weighted by atomic mass is 32.2. The lowest BCUT2D eigenvalue weighted by atomic mass is 9.92. The van der Waals surface area contributed by atoms with E-state index < -0.39 is 19.8 Å². The van der Waals surface area contributed by atoms with Crippen molar-refractivity contribution >= 4 is 25.6 Å². The fourth-order valence-electron chi connectivity index (χ4n) is 2.38. The maximum Gasteiger partial charge on any atom is 0.284 e. The first kappa shape index (κ1) is 21.3. The summed E-state index contributed by atoms with van der Waals surface area (Å²) in [5, 5.41) is 0. The fraction of sp³-hybridized carbons (Fsp3) is 0.350. The van der Waals surface area contributed by atoms with Crippen LogP contribution in [-0.4, -0.2) is 24.7 Å². The quantitative estimate of drug-likeness (QED) is 0.547. The van der Waals surface area contributed by atoms with E-state index in [0.29, 0.717) is 4.90 Å². The Balaban J connectivity index is 2.58. The Morgan fingerprint density at radius 3 is 1.96 bits per heavy atom. The van der Waals surface area contributed by atoms with Crippen molar-refractivity contribution in [3.05, 3.63) is 60.2 Å². The summed E-state index contributed by atoms with van der Waals surface area (Å²) in [5.41, 5.74) is 0.690. The standard InChI is InChI=1S/C20H26N2O3S2/c1-16-11-13-18(14-12-16)27(24,25)22-19(15-20(2,3)4)21-26(5,23)17-9-7-6-8-10-17/h6-14H,15H2,1-5H3/b22-19-. The van der Waals surface area contributed by atoms with Gasteiger partial charge in [-0.2, -0.15) is 12.8 Å². The predicted octanol–water partition coefficient (Wildman–Crippen LogP) is 4.68. The van der Waals surface area contributed by atoms with Gasteiger partial charge >= 0.3 is 0 Å². The van der Waals surface area contributed by atoms with Gasteiger partial charge in [0.2, 0.25) is 0 Å². The molecule has 0 radical (unpaired) electrons. The summed E-state index contributed by atoms with van der Waals surface area (Å²) in [5.74, 6) is 0.0689. The van der Waals surface area contributed by atoms with E-state index in [0.717, 1.165) is 5.56 Å². The van der Waals surface area contributed by atoms with Gasteiger partial charge in [-0.25, -0.2) is 4.21 Å². The number of sulfonamides is 1. The van der Waals surface area contributed by atoms with Crippen molar-refractivity contribution in [2.24, 2.45) is 14.2 Å². The molecular weight excluding hydrogens is 380 g/mol. The summed E-state index contributed by atoms with van der Waals surface area (Å²) >= 11 is 0. The van der Waals surface area contributed by atoms with E-state index in [1.807, 2.05) is 33.8 Å². The predicted molar refractivity (Wildman–Crippen MR) is 111 cm³/mol. The van der Waals surface area contributed by atoms with Crippen molar-refractivity contribution < 1.29 is 12.6 Å². The van der Waals surface area contributed by atoms with Gasteiger partial charge in [0, 0.05) is 17.6 Å². The van der Waals surface area contributed by atoms with E-state index in [9.17, 15) is 12.6 Å². The van der Waals surface area contributed by atoms with E-state index >= 15 is 0 Å². The van der Waals surface area contributed by atoms with Crippen LogP contribution >= 0.6 is 0 Å². The summed E-state index contributed by atoms with van der Waals surface area (Å²) in [6, 6.07) is 15.3. The second-order valence-electron chi connectivity index (χ2n) is 7.74. The average Bonchev–Trinajstić information content (AvgIpc) is 2.53. The molecule has 0 aliphatic heterocycles. The lowest BCUT2D eigenvalue weighted by Gasteiger charge is -2.18. The highest BCUT2D eigenvalue weighted by molar-refractivity contribution is 7.93. The Kier molecular flexibility index (Phi) is 6.27. The minimum Gasteiger partial charge on any atom is -0.245 e. The van der Waals surface area contributed by atoms with E-state index in [1.54, 1.807) is 36.4 Å². The lowest BCUT2D eigenvalue weighted by molar-refractivity contribution is 0.433. The summed E-state index contributed by atoms with van der Waals surface area (Å²) < 4.78 is 46.8. The Labute approximate surface area is 162 Å². The molecule has 0 heterocycles. The number of rotatable bonds is 4. The van der Waals surface area contributed by atoms with Crippen LogP contribution in [0.2, 0.25) is 0 Å². The highest BCUT2D eigenvalue weighted by Crippen LogP contribution is 2.23. The van der Waals surface area contributed by atoms with Crippen molar-refractivity contribution in [3.63, 3.8) is 0 Å². The van der Waals surface area contributed by atoms with E-state index in [-0.39, 0.29) is 22.6 Å². The van der Waals surface area contributed by atoms with Gasteiger partial charge < -0.3 is 0 Å². The zero-order valence-corrected chi connectivity index (χ0v) is 18.0. The maximum absolute atomic E-state index is 13.1. The number of hydrogen-bond donors (Lipinski definition) is 0. The lowest BCUT2D eigenvalue weighted by Crippen LogP contribution is -2.15. The summed E-state index contributed by atoms with van der Waals surface area (Å²) in [6.45, 7) is 7.75. The molecule has 7 heteroatoms. The molecule has 0 saturated heterocycles. The van der Waals surface area contributed by atoms with Gasteiger partial charge in [-0.05, 0) is 36.6 Å². The highest BCUT2D eigenvalue weighted by Gasteiger charge is 2.21. The van der Waals surface area contributed by atoms with Gasteiger partial charge in [0.05, 0.1) is 14.6 Å². The van der Waals surface area contributed by atoms with Gasteiger partial charge in [-0.3, -0.25) is 0 Å². The third-order valence-electron chi connectivity index (χ3n) is 3.69. The van der Waals surface area contributed by atoms with Crippen LogP contribution in [0.25, 0.3) is 0 Å². The van der Waals surface area contributed by atoms with Crippen LogP contribution in [0, 0.1) is 12.3 Å². The Bertz CT molecular complexity index is 1040. The normalized spacial score (nSPS) is 15.2. The molecule has 27 heavy (non-hydrogen) atoms. The molecule has 0 spiro atoms. The summed E-state index contributed by atoms with van der Waals surface area (Å²) in [6.07, 6.45) is 1.79. The zero-order valence-electron chi connectivity index (χ0n) is 16.3. The van der Waals surface area contributed by atoms with Crippen LogP contribution in [0.3, 0.4) is 0 Å². The molecule has 0 N–H and O–H groups in total. The monoisotopic (exact) mass is 406 g/mol. The van der Waals surface area contributed by atoms with Crippen molar-refractivity contribution in [1.82, 2.24) is 0 Å². The van der Waals surface area contributed by atoms with Crippen molar-refractivity contribution in [2.75, 3.05) is 6.26 Å². The minimum absolute atomic E-state index is 0.0689. The molecule has 1 unspecified atom stereocenters. The molecule has 1 atom stereocenters. The molecule has 0 aromatic heterocycles. The second kappa shape index (κ2) is 7.94. The average molecular weight is 407 g/mol. The molecule has 146 valence electrons. The number of aryl methyl sites for hydroxylation is 1. The fourth-order valence-corrected chi connectivity index (χ4v) is 4.68. The van der Waals surface area contributed by atoms with E-state index in [2.05, 4.69) is 8.76 Å². The van der Waals surface area contributed by atoms with Crippen LogP contribution in [0.1, 0.15) is 32.8 Å². The largest absolute Gasteiger partial charge is 0.284 e. The number of benzene rings is 2. The molecule has 2 aromatic carbocycles. The molecule has 0 saturated carbocycles. The van der Waals surface area contributed by atoms with Crippen LogP contribution in [0.4, 0.5) is 0 Å². The first-order chi connectivity index (χ1) is 12.4. The Morgan fingerprint density at radius 1 is 0.889 bits per heavy atom. The topological polar surface area (TPSA) is 75.9 Å². The molecule has 0 aliphatic rings. The Hall–Kier alpha value is -1.99. The maximum atomic E-state index is 13.1. The summed E-state index contributed by atoms with van der Waals surface area (Å²) in [4.78, 5) is 0.636. The van der Waals surface area contributed by atoms with Gasteiger partial charge in [-0.15, -0.1) is 4.40 Å². The van der Waals surface area contributed by atoms with Gasteiger partial charge in [-0.1, -0.05) is 56.7 Å². The molecule has 5 nitrogen and oxygen atoms in total. The third-order valence-corrected chi connectivity index (χ3v) is 6.72. The third kappa shape index (κ3) is 6.29. The van der Waals surface area contributed by atoms with Crippen molar-refractivity contribution in [2.45, 2.75) is 43.9 Å². The first-order valence-corrected chi connectivity index (χ1v) is 11.9. The number of hydrogen-bond acceptors (Lipinski definition) is 3. The number of nitrogens with zero attached hydrogens (tertiary/aromatic N) is 2. The second-order valence-corrected chi connectivity index (χ2v) is 11.6. The first-order valence-electron chi connectivity index (χ1n) is 8.57. The van der Waals surface area contributed by atoms with Gasteiger partial charge in [0.1, 0.15) is 0 Å². The smallest absolute Gasteiger partial charge is 0.245 e. The van der Waals surface area contributed by atoms with Crippen LogP contribution in [0.5, 0.6) is 0 Å². The van der Waals surface area contributed by atoms with E-state index in [1.165, 1.54) is 18.4 Å². The molecule has 0 aliphatic carbocycles.